The lowest BCUT2D eigenvalue weighted by Gasteiger charge is -2.51. The van der Waals surface area contributed by atoms with E-state index in [1.807, 2.05) is 76.6 Å². The van der Waals surface area contributed by atoms with Crippen LogP contribution < -0.4 is 5.73 Å². The Hall–Kier alpha value is -2.81. The van der Waals surface area contributed by atoms with Gasteiger partial charge in [0.05, 0.1) is 47.2 Å². The van der Waals surface area contributed by atoms with Gasteiger partial charge in [0.1, 0.15) is 30.0 Å². The number of cyclic esters (lactones) is 1. The number of nitrogen functional groups attached to an aromatic ring is 1. The summed E-state index contributed by atoms with van der Waals surface area (Å²) in [7, 11) is 5.37. The molecule has 68 heavy (non-hydrogen) atoms. The third-order valence-corrected chi connectivity index (χ3v) is 15.9. The number of carbonyl (C=O) groups is 1. The van der Waals surface area contributed by atoms with Gasteiger partial charge in [-0.1, -0.05) is 45.0 Å². The maximum Gasteiger partial charge on any atom is 0.309 e. The Morgan fingerprint density at radius 1 is 0.956 bits per heavy atom. The molecular formula is C51H88N6O11. The first-order chi connectivity index (χ1) is 31.8. The predicted molar refractivity (Wildman–Crippen MR) is 259 cm³/mol. The summed E-state index contributed by atoms with van der Waals surface area (Å²) in [5.74, 6) is -3.07. The number of esters is 1. The van der Waals surface area contributed by atoms with Crippen LogP contribution in [0, 0.1) is 23.7 Å². The molecule has 0 spiro atoms. The zero-order valence-corrected chi connectivity index (χ0v) is 43.3. The van der Waals surface area contributed by atoms with E-state index in [1.165, 1.54) is 19.6 Å². The summed E-state index contributed by atoms with van der Waals surface area (Å²) in [6, 6.07) is 7.07. The van der Waals surface area contributed by atoms with E-state index in [9.17, 15) is 30.3 Å². The van der Waals surface area contributed by atoms with Crippen molar-refractivity contribution in [1.29, 1.82) is 0 Å². The van der Waals surface area contributed by atoms with Crippen LogP contribution >= 0.6 is 0 Å². The number of nitrogens with zero attached hydrogens (tertiary/aromatic N) is 5. The van der Waals surface area contributed by atoms with Crippen LogP contribution in [-0.4, -0.2) is 175 Å². The molecule has 1 aromatic carbocycles. The molecule has 17 heteroatoms. The van der Waals surface area contributed by atoms with Crippen molar-refractivity contribution in [2.45, 2.75) is 211 Å². The fourth-order valence-corrected chi connectivity index (χ4v) is 11.5. The molecule has 3 aliphatic rings. The van der Waals surface area contributed by atoms with Crippen LogP contribution in [0.1, 0.15) is 119 Å². The number of aliphatic hydroxyl groups is 5. The fourth-order valence-electron chi connectivity index (χ4n) is 11.5. The first-order valence-electron chi connectivity index (χ1n) is 25.2. The van der Waals surface area contributed by atoms with Gasteiger partial charge in [-0.15, -0.1) is 5.10 Å². The molecule has 0 saturated carbocycles. The molecule has 0 bridgehead atoms. The molecule has 388 valence electrons. The largest absolute Gasteiger partial charge is 0.459 e. The first kappa shape index (κ1) is 56.1. The number of aromatic nitrogens is 3. The topological polar surface area (TPSA) is 228 Å². The van der Waals surface area contributed by atoms with Crippen LogP contribution in [0.3, 0.4) is 0 Å². The number of benzene rings is 1. The molecule has 5 rings (SSSR count). The van der Waals surface area contributed by atoms with Crippen molar-refractivity contribution in [3.8, 4) is 0 Å². The van der Waals surface area contributed by atoms with Crippen LogP contribution in [-0.2, 0) is 47.9 Å². The van der Waals surface area contributed by atoms with E-state index < -0.39 is 95.6 Å². The molecule has 7 N–H and O–H groups in total. The molecule has 4 heterocycles. The molecule has 0 radical (unpaired) electrons. The van der Waals surface area contributed by atoms with E-state index in [1.54, 1.807) is 27.7 Å². The van der Waals surface area contributed by atoms with Crippen molar-refractivity contribution < 1.29 is 54.0 Å². The highest BCUT2D eigenvalue weighted by Crippen LogP contribution is 2.45. The van der Waals surface area contributed by atoms with Gasteiger partial charge in [0.25, 0.3) is 0 Å². The normalized spacial score (nSPS) is 40.7. The van der Waals surface area contributed by atoms with Crippen LogP contribution in [0.15, 0.2) is 30.5 Å². The van der Waals surface area contributed by atoms with Crippen molar-refractivity contribution in [3.63, 3.8) is 0 Å². The van der Waals surface area contributed by atoms with Crippen molar-refractivity contribution >= 4 is 11.7 Å². The second kappa shape index (κ2) is 23.6. The third kappa shape index (κ3) is 13.4. The number of anilines is 1. The lowest BCUT2D eigenvalue weighted by molar-refractivity contribution is -0.302. The fraction of sp³-hybridized carbons (Fsp3) is 0.824. The summed E-state index contributed by atoms with van der Waals surface area (Å²) in [4.78, 5) is 18.6. The van der Waals surface area contributed by atoms with Crippen molar-refractivity contribution in [1.82, 2.24) is 24.8 Å². The van der Waals surface area contributed by atoms with Gasteiger partial charge in [0.15, 0.2) is 6.29 Å². The number of unbranched alkanes of at least 4 members (excludes halogenated alkanes) is 1. The maximum absolute atomic E-state index is 14.6. The van der Waals surface area contributed by atoms with Crippen LogP contribution in [0.5, 0.6) is 0 Å². The van der Waals surface area contributed by atoms with Gasteiger partial charge in [0, 0.05) is 69.5 Å². The average Bonchev–Trinajstić information content (AvgIpc) is 3.74. The molecule has 1 aromatic heterocycles. The lowest BCUT2D eigenvalue weighted by Crippen LogP contribution is -2.62. The minimum Gasteiger partial charge on any atom is -0.459 e. The van der Waals surface area contributed by atoms with Gasteiger partial charge in [-0.05, 0) is 124 Å². The predicted octanol–water partition coefficient (Wildman–Crippen LogP) is 3.98. The first-order valence-corrected chi connectivity index (χ1v) is 25.2. The minimum atomic E-state index is -1.80. The number of hydrogen-bond donors (Lipinski definition) is 6. The number of hydrogen-bond acceptors (Lipinski definition) is 16. The summed E-state index contributed by atoms with van der Waals surface area (Å²) < 4.78 is 34.1. The van der Waals surface area contributed by atoms with Gasteiger partial charge in [-0.2, -0.15) is 0 Å². The highest BCUT2D eigenvalue weighted by Gasteiger charge is 2.55. The maximum atomic E-state index is 14.6. The van der Waals surface area contributed by atoms with Gasteiger partial charge < -0.3 is 64.8 Å². The van der Waals surface area contributed by atoms with E-state index in [0.29, 0.717) is 25.9 Å². The highest BCUT2D eigenvalue weighted by atomic mass is 16.7. The average molecular weight is 961 g/mol. The second-order valence-corrected chi connectivity index (χ2v) is 21.7. The Labute approximate surface area is 406 Å². The number of ether oxygens (including phenoxy) is 5. The van der Waals surface area contributed by atoms with E-state index >= 15 is 0 Å². The van der Waals surface area contributed by atoms with E-state index in [-0.39, 0.29) is 37.3 Å². The molecule has 1 unspecified atom stereocenters. The number of rotatable bonds is 14. The zero-order chi connectivity index (χ0) is 50.5. The Balaban J connectivity index is 1.41. The summed E-state index contributed by atoms with van der Waals surface area (Å²) in [6.07, 6.45) is -1.60. The van der Waals surface area contributed by atoms with Gasteiger partial charge in [-0.25, -0.2) is 0 Å². The summed E-state index contributed by atoms with van der Waals surface area (Å²) in [6.45, 7) is 19.8. The van der Waals surface area contributed by atoms with Crippen LogP contribution in [0.2, 0.25) is 0 Å². The molecule has 0 amide bonds. The monoisotopic (exact) mass is 961 g/mol. The van der Waals surface area contributed by atoms with Crippen LogP contribution in [0.25, 0.3) is 0 Å². The van der Waals surface area contributed by atoms with Crippen LogP contribution in [0.4, 0.5) is 5.69 Å². The van der Waals surface area contributed by atoms with Crippen molar-refractivity contribution in [2.75, 3.05) is 40.0 Å². The number of carbonyl (C=O) groups excluding carboxylic acids is 1. The number of aliphatic hydroxyl groups excluding tert-OH is 3. The summed E-state index contributed by atoms with van der Waals surface area (Å²) >= 11 is 0. The number of nitrogens with two attached hydrogens (primary N) is 1. The molecule has 3 saturated heterocycles. The van der Waals surface area contributed by atoms with Gasteiger partial charge >= 0.3 is 5.97 Å². The Bertz CT molecular complexity index is 1870. The SMILES string of the molecule is CC[C@H]1OC(=O)[C@H](C)[C@@H](C2C[C@@](C)(OC)[C@@H](O)[C@H](C)O2)[C@H](C)[C@@H](O[C@@H]2O[C@H](C)C[C@H](N(C)CCc3cn(CCCCc4ccc(N)cc4)nn3)[C@H]2O)[C@](C)(O)C[C@@H](C)CN(C)[C@H](C)[C@@H](O)[C@]1(C)O. The molecule has 0 aliphatic carbocycles. The second-order valence-electron chi connectivity index (χ2n) is 21.7. The molecule has 3 fully saturated rings. The molecule has 2 aromatic rings. The van der Waals surface area contributed by atoms with Crippen molar-refractivity contribution in [3.05, 3.63) is 41.7 Å². The van der Waals surface area contributed by atoms with Crippen molar-refractivity contribution in [2.24, 2.45) is 23.7 Å². The van der Waals surface area contributed by atoms with Gasteiger partial charge in [-0.3, -0.25) is 9.48 Å². The molecular weight excluding hydrogens is 873 g/mol. The minimum absolute atomic E-state index is 0.158. The quantitative estimate of drug-likeness (QED) is 0.0894. The zero-order valence-electron chi connectivity index (χ0n) is 43.3. The summed E-state index contributed by atoms with van der Waals surface area (Å²) in [5.41, 5.74) is 4.29. The number of likely N-dealkylation sites (N-methyl/N-ethyl adjacent to an activating group) is 2. The highest BCUT2D eigenvalue weighted by molar-refractivity contribution is 5.73. The van der Waals surface area contributed by atoms with E-state index in [0.717, 1.165) is 37.2 Å². The Kier molecular flexibility index (Phi) is 19.5. The smallest absolute Gasteiger partial charge is 0.309 e. The lowest BCUT2D eigenvalue weighted by atomic mass is 9.68. The van der Waals surface area contributed by atoms with Gasteiger partial charge in [0.2, 0.25) is 0 Å². The number of methoxy groups -OCH3 is 1. The Morgan fingerprint density at radius 2 is 1.63 bits per heavy atom. The standard InChI is InChI=1S/C51H88N6O11/c1-14-41-51(10,63)44(59)34(6)56(12)28-30(2)26-49(8,62)46(32(4)42(33(5)47(61)67-41)40-27-50(9,64-13)45(60)35(7)66-40)68-48-43(58)39(25-31(3)65-48)55(11)24-22-38-29-57(54-53-38)23-16-15-17-36-18-20-37(52)21-19-36/h18-21,29-35,39-46,48,58-60,62-63H,14-17,22-28,52H2,1-13H3/t30-,31-,32+,33-,34-,35+,39+,40?,41-,42+,43-,44-,45+,46-,48+,49-,50-,51-/m1/s1. The summed E-state index contributed by atoms with van der Waals surface area (Å²) in [5, 5.41) is 68.8. The number of aryl methyl sites for hydroxylation is 2. The van der Waals surface area contributed by atoms with E-state index in [4.69, 9.17) is 29.4 Å². The Morgan fingerprint density at radius 3 is 2.28 bits per heavy atom. The van der Waals surface area contributed by atoms with E-state index in [2.05, 4.69) is 27.3 Å². The molecule has 3 aliphatic heterocycles. The molecule has 17 nitrogen and oxygen atoms in total. The third-order valence-electron chi connectivity index (χ3n) is 15.9. The molecule has 18 atom stereocenters.